The van der Waals surface area contributed by atoms with Crippen molar-refractivity contribution in [2.75, 3.05) is 13.1 Å². The van der Waals surface area contributed by atoms with Crippen molar-refractivity contribution < 1.29 is 14.3 Å². The van der Waals surface area contributed by atoms with Crippen LogP contribution in [0, 0.1) is 0 Å². The van der Waals surface area contributed by atoms with Crippen molar-refractivity contribution in [3.63, 3.8) is 0 Å². The molecule has 0 aromatic heterocycles. The molecule has 2 rings (SSSR count). The third kappa shape index (κ3) is 4.85. The molecule has 24 heavy (non-hydrogen) atoms. The second kappa shape index (κ2) is 7.51. The SMILES string of the molecule is C=CC[C@@H]1CN(Cc2ccccc2)C(=O)CN1C(=O)OC(C)(C)C. The van der Waals surface area contributed by atoms with E-state index in [4.69, 9.17) is 4.74 Å². The third-order valence-corrected chi connectivity index (χ3v) is 3.81. The van der Waals surface area contributed by atoms with Crippen LogP contribution in [-0.2, 0) is 16.1 Å². The van der Waals surface area contributed by atoms with Crippen molar-refractivity contribution in [1.29, 1.82) is 0 Å². The van der Waals surface area contributed by atoms with Gasteiger partial charge in [-0.2, -0.15) is 0 Å². The van der Waals surface area contributed by atoms with E-state index >= 15 is 0 Å². The van der Waals surface area contributed by atoms with Gasteiger partial charge in [-0.05, 0) is 32.8 Å². The fourth-order valence-corrected chi connectivity index (χ4v) is 2.71. The summed E-state index contributed by atoms with van der Waals surface area (Å²) in [5, 5.41) is 0. The molecule has 2 amide bonds. The lowest BCUT2D eigenvalue weighted by molar-refractivity contribution is -0.138. The van der Waals surface area contributed by atoms with Crippen LogP contribution in [0.5, 0.6) is 0 Å². The number of rotatable bonds is 4. The number of nitrogens with zero attached hydrogens (tertiary/aromatic N) is 2. The lowest BCUT2D eigenvalue weighted by Gasteiger charge is -2.41. The minimum absolute atomic E-state index is 0.0419. The Morgan fingerprint density at radius 2 is 2.00 bits per heavy atom. The summed E-state index contributed by atoms with van der Waals surface area (Å²) in [4.78, 5) is 28.2. The molecule has 1 fully saturated rings. The number of benzene rings is 1. The van der Waals surface area contributed by atoms with Gasteiger partial charge in [0.2, 0.25) is 5.91 Å². The van der Waals surface area contributed by atoms with Crippen LogP contribution in [0.1, 0.15) is 32.8 Å². The molecule has 1 saturated heterocycles. The van der Waals surface area contributed by atoms with Crippen LogP contribution < -0.4 is 0 Å². The van der Waals surface area contributed by atoms with Gasteiger partial charge in [0.1, 0.15) is 12.1 Å². The molecule has 0 N–H and O–H groups in total. The average Bonchev–Trinajstić information content (AvgIpc) is 2.50. The van der Waals surface area contributed by atoms with Crippen LogP contribution >= 0.6 is 0 Å². The van der Waals surface area contributed by atoms with Crippen molar-refractivity contribution >= 4 is 12.0 Å². The van der Waals surface area contributed by atoms with Gasteiger partial charge >= 0.3 is 6.09 Å². The smallest absolute Gasteiger partial charge is 0.411 e. The monoisotopic (exact) mass is 330 g/mol. The molecule has 0 spiro atoms. The average molecular weight is 330 g/mol. The van der Waals surface area contributed by atoms with E-state index in [9.17, 15) is 9.59 Å². The fraction of sp³-hybridized carbons (Fsp3) is 0.474. The zero-order valence-electron chi connectivity index (χ0n) is 14.7. The Balaban J connectivity index is 2.10. The Morgan fingerprint density at radius 1 is 1.33 bits per heavy atom. The quantitative estimate of drug-likeness (QED) is 0.797. The normalized spacial score (nSPS) is 18.5. The molecule has 1 aliphatic rings. The number of carbonyl (C=O) groups excluding carboxylic acids is 2. The van der Waals surface area contributed by atoms with Gasteiger partial charge in [-0.15, -0.1) is 6.58 Å². The first-order valence-electron chi connectivity index (χ1n) is 8.22. The van der Waals surface area contributed by atoms with Gasteiger partial charge in [0, 0.05) is 13.1 Å². The number of carbonyl (C=O) groups is 2. The van der Waals surface area contributed by atoms with E-state index in [1.807, 2.05) is 51.1 Å². The molecular weight excluding hydrogens is 304 g/mol. The summed E-state index contributed by atoms with van der Waals surface area (Å²) in [7, 11) is 0. The van der Waals surface area contributed by atoms with E-state index < -0.39 is 11.7 Å². The fourth-order valence-electron chi connectivity index (χ4n) is 2.71. The maximum Gasteiger partial charge on any atom is 0.411 e. The van der Waals surface area contributed by atoms with Crippen LogP contribution in [0.25, 0.3) is 0 Å². The summed E-state index contributed by atoms with van der Waals surface area (Å²) >= 11 is 0. The maximum atomic E-state index is 12.5. The molecule has 130 valence electrons. The molecule has 0 radical (unpaired) electrons. The van der Waals surface area contributed by atoms with Gasteiger partial charge in [0.25, 0.3) is 0 Å². The third-order valence-electron chi connectivity index (χ3n) is 3.81. The van der Waals surface area contributed by atoms with Crippen LogP contribution in [0.4, 0.5) is 4.79 Å². The summed E-state index contributed by atoms with van der Waals surface area (Å²) in [5.41, 5.74) is 0.494. The van der Waals surface area contributed by atoms with Crippen LogP contribution in [-0.4, -0.2) is 46.5 Å². The minimum Gasteiger partial charge on any atom is -0.444 e. The molecule has 1 heterocycles. The number of hydrogen-bond donors (Lipinski definition) is 0. The van der Waals surface area contributed by atoms with Gasteiger partial charge in [-0.1, -0.05) is 36.4 Å². The molecule has 1 aliphatic heterocycles. The van der Waals surface area contributed by atoms with Gasteiger partial charge in [-0.3, -0.25) is 9.69 Å². The Labute approximate surface area is 143 Å². The molecular formula is C19H26N2O3. The first-order chi connectivity index (χ1) is 11.3. The van der Waals surface area contributed by atoms with Crippen molar-refractivity contribution in [3.05, 3.63) is 48.6 Å². The summed E-state index contributed by atoms with van der Waals surface area (Å²) in [6.45, 7) is 10.3. The zero-order valence-corrected chi connectivity index (χ0v) is 14.7. The molecule has 0 saturated carbocycles. The molecule has 0 aliphatic carbocycles. The number of hydrogen-bond acceptors (Lipinski definition) is 3. The molecule has 1 atom stereocenters. The van der Waals surface area contributed by atoms with Crippen molar-refractivity contribution in [2.24, 2.45) is 0 Å². The van der Waals surface area contributed by atoms with E-state index in [2.05, 4.69) is 6.58 Å². The Hall–Kier alpha value is -2.30. The predicted octanol–water partition coefficient (Wildman–Crippen LogP) is 3.21. The summed E-state index contributed by atoms with van der Waals surface area (Å²) in [6.07, 6.45) is 1.96. The highest BCUT2D eigenvalue weighted by molar-refractivity contribution is 5.84. The van der Waals surface area contributed by atoms with E-state index in [1.165, 1.54) is 4.90 Å². The molecule has 5 nitrogen and oxygen atoms in total. The largest absolute Gasteiger partial charge is 0.444 e. The van der Waals surface area contributed by atoms with Gasteiger partial charge < -0.3 is 9.64 Å². The predicted molar refractivity (Wildman–Crippen MR) is 93.4 cm³/mol. The maximum absolute atomic E-state index is 12.5. The van der Waals surface area contributed by atoms with Crippen molar-refractivity contribution in [1.82, 2.24) is 9.80 Å². The topological polar surface area (TPSA) is 49.9 Å². The molecule has 1 aromatic carbocycles. The highest BCUT2D eigenvalue weighted by Crippen LogP contribution is 2.20. The Kier molecular flexibility index (Phi) is 5.65. The lowest BCUT2D eigenvalue weighted by atomic mass is 10.1. The van der Waals surface area contributed by atoms with Crippen LogP contribution in [0.3, 0.4) is 0 Å². The standard InChI is InChI=1S/C19H26N2O3/c1-5-9-16-13-20(12-15-10-7-6-8-11-15)17(22)14-21(16)18(23)24-19(2,3)4/h5-8,10-11,16H,1,9,12-14H2,2-4H3/t16-/m1/s1. The van der Waals surface area contributed by atoms with Crippen LogP contribution in [0.2, 0.25) is 0 Å². The summed E-state index contributed by atoms with van der Waals surface area (Å²) < 4.78 is 5.44. The molecule has 1 aromatic rings. The molecule has 0 bridgehead atoms. The van der Waals surface area contributed by atoms with Gasteiger partial charge in [0.05, 0.1) is 6.04 Å². The molecule has 0 unspecified atom stereocenters. The van der Waals surface area contributed by atoms with E-state index in [0.29, 0.717) is 19.5 Å². The van der Waals surface area contributed by atoms with Gasteiger partial charge in [-0.25, -0.2) is 4.79 Å². The van der Waals surface area contributed by atoms with Crippen LogP contribution in [0.15, 0.2) is 43.0 Å². The number of amides is 2. The second-order valence-corrected chi connectivity index (χ2v) is 7.05. The van der Waals surface area contributed by atoms with Gasteiger partial charge in [0.15, 0.2) is 0 Å². The summed E-state index contributed by atoms with van der Waals surface area (Å²) in [5.74, 6) is -0.0648. The number of ether oxygens (including phenoxy) is 1. The lowest BCUT2D eigenvalue weighted by Crippen LogP contribution is -2.58. The highest BCUT2D eigenvalue weighted by atomic mass is 16.6. The summed E-state index contributed by atoms with van der Waals surface area (Å²) in [6, 6.07) is 9.74. The Morgan fingerprint density at radius 3 is 2.58 bits per heavy atom. The van der Waals surface area contributed by atoms with Crippen molar-refractivity contribution in [3.8, 4) is 0 Å². The van der Waals surface area contributed by atoms with E-state index in [0.717, 1.165) is 5.56 Å². The molecule has 5 heteroatoms. The van der Waals surface area contributed by atoms with Crippen molar-refractivity contribution in [2.45, 2.75) is 45.4 Å². The highest BCUT2D eigenvalue weighted by Gasteiger charge is 2.36. The first-order valence-corrected chi connectivity index (χ1v) is 8.22. The zero-order chi connectivity index (χ0) is 17.7. The number of piperazine rings is 1. The van der Waals surface area contributed by atoms with E-state index in [1.54, 1.807) is 11.0 Å². The Bertz CT molecular complexity index is 592. The van der Waals surface area contributed by atoms with E-state index in [-0.39, 0.29) is 18.5 Å². The second-order valence-electron chi connectivity index (χ2n) is 7.05. The first kappa shape index (κ1) is 18.0. The minimum atomic E-state index is -0.583.